The summed E-state index contributed by atoms with van der Waals surface area (Å²) in [6, 6.07) is 21.3. The summed E-state index contributed by atoms with van der Waals surface area (Å²) >= 11 is 0. The lowest BCUT2D eigenvalue weighted by Gasteiger charge is -2.17. The lowest BCUT2D eigenvalue weighted by atomic mass is 9.93. The summed E-state index contributed by atoms with van der Waals surface area (Å²) in [5, 5.41) is 0. The summed E-state index contributed by atoms with van der Waals surface area (Å²) in [6.07, 6.45) is 3.15. The highest BCUT2D eigenvalue weighted by Gasteiger charge is 2.24. The summed E-state index contributed by atoms with van der Waals surface area (Å²) in [7, 11) is -3.23. The quantitative estimate of drug-likeness (QED) is 0.404. The van der Waals surface area contributed by atoms with Crippen LogP contribution in [0.3, 0.4) is 0 Å². The van der Waals surface area contributed by atoms with Crippen LogP contribution in [0.1, 0.15) is 16.8 Å². The van der Waals surface area contributed by atoms with Crippen molar-refractivity contribution in [3.05, 3.63) is 83.7 Å². The number of nitrogens with zero attached hydrogens (tertiary/aromatic N) is 1. The molecule has 0 amide bonds. The van der Waals surface area contributed by atoms with Gasteiger partial charge in [0.25, 0.3) is 0 Å². The Bertz CT molecular complexity index is 934. The molecule has 0 spiro atoms. The number of benzene rings is 2. The molecule has 1 aromatic heterocycles. The van der Waals surface area contributed by atoms with Crippen LogP contribution in [0.2, 0.25) is 0 Å². The first-order chi connectivity index (χ1) is 12.8. The predicted molar refractivity (Wildman–Crippen MR) is 87.0 cm³/mol. The van der Waals surface area contributed by atoms with Crippen LogP contribution in [0.25, 0.3) is 11.1 Å². The van der Waals surface area contributed by atoms with Gasteiger partial charge in [-0.25, -0.2) is 18.6 Å². The molecule has 0 saturated heterocycles. The van der Waals surface area contributed by atoms with Gasteiger partial charge in [-0.05, 0) is 29.3 Å². The number of aromatic nitrogens is 1. The van der Waals surface area contributed by atoms with E-state index in [1.54, 1.807) is 7.11 Å². The van der Waals surface area contributed by atoms with Crippen molar-refractivity contribution in [3.8, 4) is 16.9 Å². The minimum absolute atomic E-state index is 0.899. The lowest BCUT2D eigenvalue weighted by molar-refractivity contribution is -2.00. The second kappa shape index (κ2) is 8.04. The number of hydrogen-bond donors (Lipinski definition) is 0. The summed E-state index contributed by atoms with van der Waals surface area (Å²) < 4.78 is 41.7. The van der Waals surface area contributed by atoms with Crippen molar-refractivity contribution in [2.24, 2.45) is 0 Å². The minimum atomic E-state index is -4.94. The van der Waals surface area contributed by atoms with Gasteiger partial charge in [-0.1, -0.05) is 36.4 Å². The maximum Gasteiger partial charge on any atom is 0.193 e. The van der Waals surface area contributed by atoms with Gasteiger partial charge in [-0.15, -0.1) is 10.2 Å². The van der Waals surface area contributed by atoms with Gasteiger partial charge in [-0.3, -0.25) is 0 Å². The Labute approximate surface area is 159 Å². The highest BCUT2D eigenvalue weighted by atomic mass is 35.7. The zero-order valence-electron chi connectivity index (χ0n) is 14.6. The van der Waals surface area contributed by atoms with Crippen molar-refractivity contribution in [3.63, 3.8) is 0 Å². The topological polar surface area (TPSA) is 105 Å². The molecule has 0 radical (unpaired) electrons. The van der Waals surface area contributed by atoms with Crippen molar-refractivity contribution in [1.82, 2.24) is 0 Å². The van der Waals surface area contributed by atoms with Crippen LogP contribution in [-0.2, 0) is 13.0 Å². The Morgan fingerprint density at radius 2 is 1.59 bits per heavy atom. The van der Waals surface area contributed by atoms with Crippen molar-refractivity contribution >= 4 is 0 Å². The van der Waals surface area contributed by atoms with Crippen LogP contribution in [0.4, 0.5) is 0 Å². The number of methoxy groups -OCH3 is 1. The molecule has 4 rings (SSSR count). The fourth-order valence-corrected chi connectivity index (χ4v) is 3.23. The van der Waals surface area contributed by atoms with Gasteiger partial charge in [0.2, 0.25) is 0 Å². The molecule has 0 aliphatic carbocycles. The van der Waals surface area contributed by atoms with Crippen LogP contribution >= 0.6 is 0 Å². The average molecular weight is 388 g/mol. The van der Waals surface area contributed by atoms with Crippen molar-refractivity contribution in [2.45, 2.75) is 13.0 Å². The van der Waals surface area contributed by atoms with Crippen LogP contribution in [0.15, 0.2) is 66.9 Å². The molecular weight excluding hydrogens is 370 g/mol. The van der Waals surface area contributed by atoms with Gasteiger partial charge in [-0.2, -0.15) is 4.57 Å². The van der Waals surface area contributed by atoms with Gasteiger partial charge in [0, 0.05) is 17.2 Å². The molecule has 3 aromatic rings. The van der Waals surface area contributed by atoms with E-state index in [1.165, 1.54) is 27.9 Å². The predicted octanol–water partition coefficient (Wildman–Crippen LogP) is -1.15. The maximum absolute atomic E-state index is 8.49. The van der Waals surface area contributed by atoms with Crippen LogP contribution in [0.5, 0.6) is 5.75 Å². The Morgan fingerprint density at radius 3 is 2.30 bits per heavy atom. The fraction of sp³-hybridized carbons (Fsp3) is 0.150. The number of hydrogen-bond acceptors (Lipinski definition) is 5. The number of pyridine rings is 1. The van der Waals surface area contributed by atoms with E-state index in [9.17, 15) is 0 Å². The standard InChI is InChI=1S/C20H18NO.ClHO4/c1-22-18-9-4-8-16(12-18)19-10-5-11-21-14-17-7-3-2-6-15(17)13-20(19)21;2-1(3,4)5/h2-12H,13-14H2,1H3;(H,2,3,4,5)/q+1;/p-1. The molecule has 0 fully saturated rings. The van der Waals surface area contributed by atoms with E-state index in [0.717, 1.165) is 18.7 Å². The van der Waals surface area contributed by atoms with E-state index >= 15 is 0 Å². The molecule has 0 atom stereocenters. The third kappa shape index (κ3) is 5.03. The first-order valence-corrected chi connectivity index (χ1v) is 9.43. The molecule has 27 heavy (non-hydrogen) atoms. The van der Waals surface area contributed by atoms with E-state index < -0.39 is 10.2 Å². The highest BCUT2D eigenvalue weighted by molar-refractivity contribution is 5.67. The first-order valence-electron chi connectivity index (χ1n) is 8.19. The van der Waals surface area contributed by atoms with Crippen molar-refractivity contribution in [1.29, 1.82) is 0 Å². The zero-order chi connectivity index (χ0) is 19.4. The monoisotopic (exact) mass is 387 g/mol. The smallest absolute Gasteiger partial charge is 0.193 e. The van der Waals surface area contributed by atoms with E-state index in [-0.39, 0.29) is 0 Å². The molecule has 0 saturated carbocycles. The molecular formula is C20H18ClNO5. The molecule has 1 aliphatic heterocycles. The van der Waals surface area contributed by atoms with Gasteiger partial charge in [0.1, 0.15) is 5.75 Å². The van der Waals surface area contributed by atoms with Gasteiger partial charge in [0.15, 0.2) is 18.4 Å². The largest absolute Gasteiger partial charge is 0.497 e. The molecule has 6 nitrogen and oxygen atoms in total. The second-order valence-corrected chi connectivity index (χ2v) is 6.81. The summed E-state index contributed by atoms with van der Waals surface area (Å²) in [5.41, 5.74) is 6.72. The molecule has 0 unspecified atom stereocenters. The van der Waals surface area contributed by atoms with Crippen LogP contribution in [-0.4, -0.2) is 7.11 Å². The Kier molecular flexibility index (Phi) is 5.74. The highest BCUT2D eigenvalue weighted by Crippen LogP contribution is 2.29. The van der Waals surface area contributed by atoms with E-state index in [2.05, 4.69) is 65.4 Å². The molecule has 2 heterocycles. The molecule has 1 aliphatic rings. The second-order valence-electron chi connectivity index (χ2n) is 6.05. The molecule has 7 heteroatoms. The fourth-order valence-electron chi connectivity index (χ4n) is 3.23. The number of halogens is 1. The van der Waals surface area contributed by atoms with Gasteiger partial charge < -0.3 is 4.74 Å². The third-order valence-corrected chi connectivity index (χ3v) is 4.38. The average Bonchev–Trinajstić information content (AvgIpc) is 2.64. The third-order valence-electron chi connectivity index (χ3n) is 4.38. The van der Waals surface area contributed by atoms with Gasteiger partial charge in [0.05, 0.1) is 13.5 Å². The molecule has 2 aromatic carbocycles. The van der Waals surface area contributed by atoms with Gasteiger partial charge >= 0.3 is 0 Å². The Morgan fingerprint density at radius 1 is 0.889 bits per heavy atom. The van der Waals surface area contributed by atoms with Crippen LogP contribution < -0.4 is 27.9 Å². The molecule has 0 bridgehead atoms. The van der Waals surface area contributed by atoms with E-state index in [0.29, 0.717) is 0 Å². The maximum atomic E-state index is 8.49. The first kappa shape index (κ1) is 19.3. The van der Waals surface area contributed by atoms with E-state index in [1.807, 2.05) is 6.07 Å². The molecule has 0 N–H and O–H groups in total. The zero-order valence-corrected chi connectivity index (χ0v) is 15.4. The normalized spacial score (nSPS) is 12.3. The van der Waals surface area contributed by atoms with Crippen LogP contribution in [0, 0.1) is 10.2 Å². The van der Waals surface area contributed by atoms with Crippen molar-refractivity contribution in [2.75, 3.05) is 7.11 Å². The minimum Gasteiger partial charge on any atom is -0.497 e. The SMILES string of the molecule is COc1cccc(-c2ccc[n+]3c2Cc2ccccc2C3)c1.[O-][Cl+3]([O-])([O-])[O-]. The van der Waals surface area contributed by atoms with E-state index in [4.69, 9.17) is 23.4 Å². The summed E-state index contributed by atoms with van der Waals surface area (Å²) in [5.74, 6) is 0.899. The Balaban J connectivity index is 0.000000376. The van der Waals surface area contributed by atoms with Crippen molar-refractivity contribution < 1.29 is 38.2 Å². The lowest BCUT2D eigenvalue weighted by Crippen LogP contribution is -2.68. The Hall–Kier alpha value is -2.48. The molecule has 140 valence electrons. The summed E-state index contributed by atoms with van der Waals surface area (Å²) in [6.45, 7) is 0.948. The number of ether oxygens (including phenoxy) is 1. The summed E-state index contributed by atoms with van der Waals surface area (Å²) in [4.78, 5) is 0. The number of fused-ring (bicyclic) bond motifs is 2. The number of rotatable bonds is 2.